The topological polar surface area (TPSA) is 116 Å². The molecule has 1 heterocycles. The molecule has 0 atom stereocenters. The van der Waals surface area contributed by atoms with Crippen molar-refractivity contribution in [1.82, 2.24) is 25.5 Å². The van der Waals surface area contributed by atoms with Crippen LogP contribution in [-0.4, -0.2) is 44.3 Å². The number of nitrogens with zero attached hydrogens (tertiary/aromatic N) is 4. The second kappa shape index (κ2) is 7.95. The van der Waals surface area contributed by atoms with Crippen LogP contribution in [0.15, 0.2) is 29.4 Å². The number of tetrazole rings is 1. The minimum Gasteiger partial charge on any atom is -0.366 e. The number of aryl methyl sites for hydroxylation is 1. The van der Waals surface area contributed by atoms with Crippen LogP contribution in [0.5, 0.6) is 0 Å². The van der Waals surface area contributed by atoms with Crippen molar-refractivity contribution in [2.75, 3.05) is 12.3 Å². The summed E-state index contributed by atoms with van der Waals surface area (Å²) in [7, 11) is 1.70. The standard InChI is InChI=1S/C14H14N6O2S/c1-20-14(17-18-19-20)23-9-12(21)16-8-2-3-10-4-6-11(7-5-10)13(15)22/h4-7H,8-9H2,1H3,(H2,15,22)(H,16,21). The number of hydrogen-bond donors (Lipinski definition) is 2. The fraction of sp³-hybridized carbons (Fsp3) is 0.214. The van der Waals surface area contributed by atoms with Gasteiger partial charge in [0, 0.05) is 18.2 Å². The van der Waals surface area contributed by atoms with Crippen molar-refractivity contribution in [1.29, 1.82) is 0 Å². The van der Waals surface area contributed by atoms with E-state index in [1.807, 2.05) is 0 Å². The highest BCUT2D eigenvalue weighted by Crippen LogP contribution is 2.11. The smallest absolute Gasteiger partial charge is 0.248 e. The normalized spacial score (nSPS) is 9.78. The summed E-state index contributed by atoms with van der Waals surface area (Å²) in [5.41, 5.74) is 6.32. The van der Waals surface area contributed by atoms with Gasteiger partial charge in [-0.1, -0.05) is 23.6 Å². The van der Waals surface area contributed by atoms with Crippen molar-refractivity contribution >= 4 is 23.6 Å². The predicted octanol–water partition coefficient (Wildman–Crippen LogP) is -0.431. The number of hydrogen-bond acceptors (Lipinski definition) is 6. The zero-order chi connectivity index (χ0) is 16.7. The first kappa shape index (κ1) is 16.5. The summed E-state index contributed by atoms with van der Waals surface area (Å²) in [6.45, 7) is 0.230. The maximum atomic E-state index is 11.7. The zero-order valence-corrected chi connectivity index (χ0v) is 13.1. The monoisotopic (exact) mass is 330 g/mol. The van der Waals surface area contributed by atoms with Crippen molar-refractivity contribution in [3.05, 3.63) is 35.4 Å². The summed E-state index contributed by atoms with van der Waals surface area (Å²) >= 11 is 1.24. The second-order valence-corrected chi connectivity index (χ2v) is 5.34. The van der Waals surface area contributed by atoms with Crippen LogP contribution in [-0.2, 0) is 11.8 Å². The molecular formula is C14H14N6O2S. The average Bonchev–Trinajstić information content (AvgIpc) is 2.95. The van der Waals surface area contributed by atoms with E-state index in [0.29, 0.717) is 10.7 Å². The molecule has 0 radical (unpaired) electrons. The largest absolute Gasteiger partial charge is 0.366 e. The molecule has 2 amide bonds. The van der Waals surface area contributed by atoms with Gasteiger partial charge in [0.15, 0.2) is 0 Å². The average molecular weight is 330 g/mol. The van der Waals surface area contributed by atoms with E-state index in [2.05, 4.69) is 32.7 Å². The highest BCUT2D eigenvalue weighted by Gasteiger charge is 2.06. The molecule has 0 unspecified atom stereocenters. The van der Waals surface area contributed by atoms with E-state index in [1.54, 1.807) is 31.3 Å². The molecule has 0 saturated carbocycles. The third kappa shape index (κ3) is 5.12. The molecule has 0 fully saturated rings. The number of benzene rings is 1. The number of nitrogens with one attached hydrogen (secondary N) is 1. The highest BCUT2D eigenvalue weighted by atomic mass is 32.2. The molecular weight excluding hydrogens is 316 g/mol. The Bertz CT molecular complexity index is 760. The molecule has 2 aromatic rings. The Morgan fingerprint density at radius 3 is 2.70 bits per heavy atom. The summed E-state index contributed by atoms with van der Waals surface area (Å²) in [6.07, 6.45) is 0. The molecule has 8 nitrogen and oxygen atoms in total. The second-order valence-electron chi connectivity index (χ2n) is 4.39. The molecule has 118 valence electrons. The van der Waals surface area contributed by atoms with Crippen LogP contribution in [0.1, 0.15) is 15.9 Å². The van der Waals surface area contributed by atoms with Gasteiger partial charge in [0.25, 0.3) is 0 Å². The Morgan fingerprint density at radius 2 is 2.09 bits per heavy atom. The van der Waals surface area contributed by atoms with Crippen molar-refractivity contribution < 1.29 is 9.59 Å². The van der Waals surface area contributed by atoms with E-state index in [-0.39, 0.29) is 18.2 Å². The van der Waals surface area contributed by atoms with Gasteiger partial charge in [-0.05, 0) is 34.7 Å². The number of carbonyl (C=O) groups excluding carboxylic acids is 2. The van der Waals surface area contributed by atoms with Gasteiger partial charge in [0.2, 0.25) is 17.0 Å². The lowest BCUT2D eigenvalue weighted by Gasteiger charge is -2.00. The fourth-order valence-corrected chi connectivity index (χ4v) is 2.21. The molecule has 0 aliphatic carbocycles. The van der Waals surface area contributed by atoms with Crippen LogP contribution in [0.25, 0.3) is 0 Å². The first-order valence-electron chi connectivity index (χ1n) is 6.57. The highest BCUT2D eigenvalue weighted by molar-refractivity contribution is 7.99. The van der Waals surface area contributed by atoms with Crippen LogP contribution in [0.2, 0.25) is 0 Å². The maximum absolute atomic E-state index is 11.7. The van der Waals surface area contributed by atoms with Crippen LogP contribution < -0.4 is 11.1 Å². The van der Waals surface area contributed by atoms with Crippen LogP contribution in [0.4, 0.5) is 0 Å². The molecule has 0 aliphatic rings. The van der Waals surface area contributed by atoms with Crippen LogP contribution in [0.3, 0.4) is 0 Å². The lowest BCUT2D eigenvalue weighted by Crippen LogP contribution is -2.25. The van der Waals surface area contributed by atoms with Crippen molar-refractivity contribution in [3.8, 4) is 11.8 Å². The van der Waals surface area contributed by atoms with E-state index < -0.39 is 5.91 Å². The number of thioether (sulfide) groups is 1. The van der Waals surface area contributed by atoms with Gasteiger partial charge in [-0.25, -0.2) is 4.68 Å². The zero-order valence-electron chi connectivity index (χ0n) is 12.3. The molecule has 0 saturated heterocycles. The Morgan fingerprint density at radius 1 is 1.35 bits per heavy atom. The maximum Gasteiger partial charge on any atom is 0.248 e. The molecule has 2 rings (SSSR count). The van der Waals surface area contributed by atoms with E-state index in [4.69, 9.17) is 5.73 Å². The van der Waals surface area contributed by atoms with Crippen LogP contribution in [0, 0.1) is 11.8 Å². The summed E-state index contributed by atoms with van der Waals surface area (Å²) in [4.78, 5) is 22.6. The van der Waals surface area contributed by atoms with Gasteiger partial charge >= 0.3 is 0 Å². The quantitative estimate of drug-likeness (QED) is 0.568. The number of primary amides is 1. The van der Waals surface area contributed by atoms with Gasteiger partial charge < -0.3 is 11.1 Å². The number of rotatable bonds is 5. The lowest BCUT2D eigenvalue weighted by molar-refractivity contribution is -0.118. The number of aromatic nitrogens is 4. The SMILES string of the molecule is Cn1nnnc1SCC(=O)NCC#Cc1ccc(C(N)=O)cc1. The van der Waals surface area contributed by atoms with Crippen molar-refractivity contribution in [2.24, 2.45) is 12.8 Å². The third-order valence-electron chi connectivity index (χ3n) is 2.69. The minimum absolute atomic E-state index is 0.156. The first-order valence-corrected chi connectivity index (χ1v) is 7.55. The van der Waals surface area contributed by atoms with Gasteiger partial charge in [0.05, 0.1) is 12.3 Å². The molecule has 0 bridgehead atoms. The van der Waals surface area contributed by atoms with E-state index in [0.717, 1.165) is 5.56 Å². The van der Waals surface area contributed by atoms with E-state index >= 15 is 0 Å². The Kier molecular flexibility index (Phi) is 5.71. The van der Waals surface area contributed by atoms with Crippen molar-refractivity contribution in [2.45, 2.75) is 5.16 Å². The number of amides is 2. The Hall–Kier alpha value is -2.86. The predicted molar refractivity (Wildman–Crippen MR) is 84.4 cm³/mol. The number of carbonyl (C=O) groups is 2. The summed E-state index contributed by atoms with van der Waals surface area (Å²) in [5.74, 6) is 5.29. The van der Waals surface area contributed by atoms with Crippen molar-refractivity contribution in [3.63, 3.8) is 0 Å². The van der Waals surface area contributed by atoms with E-state index in [9.17, 15) is 9.59 Å². The van der Waals surface area contributed by atoms with E-state index in [1.165, 1.54) is 16.4 Å². The van der Waals surface area contributed by atoms with Gasteiger partial charge in [0.1, 0.15) is 0 Å². The summed E-state index contributed by atoms with van der Waals surface area (Å²) in [5, 5.41) is 14.2. The Balaban J connectivity index is 1.75. The van der Waals surface area contributed by atoms with Gasteiger partial charge in [-0.15, -0.1) is 5.10 Å². The Labute approximate surface area is 136 Å². The number of nitrogens with two attached hydrogens (primary N) is 1. The minimum atomic E-state index is -0.479. The van der Waals surface area contributed by atoms with Crippen LogP contribution >= 0.6 is 11.8 Å². The summed E-state index contributed by atoms with van der Waals surface area (Å²) < 4.78 is 1.49. The lowest BCUT2D eigenvalue weighted by atomic mass is 10.1. The molecule has 0 spiro atoms. The molecule has 9 heteroatoms. The first-order chi connectivity index (χ1) is 11.1. The molecule has 1 aromatic carbocycles. The molecule has 3 N–H and O–H groups in total. The molecule has 0 aliphatic heterocycles. The van der Waals surface area contributed by atoms with Gasteiger partial charge in [-0.3, -0.25) is 9.59 Å². The third-order valence-corrected chi connectivity index (χ3v) is 3.70. The summed E-state index contributed by atoms with van der Waals surface area (Å²) in [6, 6.07) is 6.62. The fourth-order valence-electron chi connectivity index (χ4n) is 1.53. The molecule has 1 aromatic heterocycles. The molecule has 23 heavy (non-hydrogen) atoms. The van der Waals surface area contributed by atoms with Gasteiger partial charge in [-0.2, -0.15) is 0 Å².